The highest BCUT2D eigenvalue weighted by atomic mass is 16.3. The first-order chi connectivity index (χ1) is 26.9. The second-order valence-electron chi connectivity index (χ2n) is 14.9. The Hall–Kier alpha value is -5.46. The number of rotatable bonds is 21. The molecule has 12 heteroatoms. The summed E-state index contributed by atoms with van der Waals surface area (Å²) >= 11 is 0. The molecule has 4 amide bonds. The number of nitrogens with one attached hydrogen (secondary N) is 4. The number of aliphatic hydroxyl groups excluding tert-OH is 2. The first-order valence-corrected chi connectivity index (χ1v) is 19.3. The van der Waals surface area contributed by atoms with Crippen molar-refractivity contribution in [2.75, 3.05) is 0 Å². The summed E-state index contributed by atoms with van der Waals surface area (Å²) < 4.78 is 0. The molecule has 0 fully saturated rings. The van der Waals surface area contributed by atoms with Gasteiger partial charge >= 0.3 is 0 Å². The molecule has 0 aliphatic heterocycles. The maximum absolute atomic E-state index is 13.9. The Kier molecular flexibility index (Phi) is 17.1. The summed E-state index contributed by atoms with van der Waals surface area (Å²) in [6.45, 7) is 7.27. The number of aliphatic hydroxyl groups is 2. The summed E-state index contributed by atoms with van der Waals surface area (Å²) in [5, 5.41) is 35.5. The van der Waals surface area contributed by atoms with Crippen LogP contribution in [0.1, 0.15) is 62.8 Å². The minimum Gasteiger partial charge on any atom is -0.388 e. The standard InChI is InChI=1S/C44H56N6O6/c1-29(2)39(49-37(51)21-19-33-17-11-23-45-27-33)43(55)47-35(25-31-13-7-5-8-14-31)41(53)42(54)36(26-32-15-9-6-10-16-32)48-44(56)40(30(3)4)50-38(52)22-20-34-18-12-24-46-28-34/h5-18,23-24,27-30,35-36,39-42,53-54H,19-22,25-26H2,1-4H3,(H,47,55)(H,48,56)(H,49,51)(H,50,52)/t35-,36-,39-,40-,41+,42+/m0/s1. The zero-order chi connectivity index (χ0) is 40.5. The predicted molar refractivity (Wildman–Crippen MR) is 215 cm³/mol. The molecule has 6 N–H and O–H groups in total. The molecule has 0 saturated heterocycles. The molecule has 2 aromatic carbocycles. The fourth-order valence-corrected chi connectivity index (χ4v) is 6.44. The SMILES string of the molecule is CC(C)[C@H](NC(=O)CCc1cccnc1)C(=O)N[C@@H](Cc1ccccc1)[C@@H](O)[C@H](O)[C@H](Cc1ccccc1)NC(=O)[C@@H](NC(=O)CCc1cccnc1)C(C)C. The van der Waals surface area contributed by atoms with E-state index in [1.54, 1.807) is 36.9 Å². The molecule has 4 rings (SSSR count). The lowest BCUT2D eigenvalue weighted by Crippen LogP contribution is -2.61. The molecule has 6 atom stereocenters. The van der Waals surface area contributed by atoms with Crippen molar-refractivity contribution in [3.05, 3.63) is 132 Å². The molecule has 0 bridgehead atoms. The monoisotopic (exact) mass is 764 g/mol. The Bertz CT molecular complexity index is 1660. The Morgan fingerprint density at radius 1 is 0.518 bits per heavy atom. The molecule has 0 spiro atoms. The van der Waals surface area contributed by atoms with Crippen LogP contribution < -0.4 is 21.3 Å². The number of pyridine rings is 2. The normalized spacial score (nSPS) is 14.5. The van der Waals surface area contributed by atoms with E-state index in [-0.39, 0.29) is 49.3 Å². The van der Waals surface area contributed by atoms with Gasteiger partial charge in [0.15, 0.2) is 0 Å². The van der Waals surface area contributed by atoms with Crippen LogP contribution in [0, 0.1) is 11.8 Å². The van der Waals surface area contributed by atoms with E-state index in [9.17, 15) is 29.4 Å². The van der Waals surface area contributed by atoms with Gasteiger partial charge in [-0.3, -0.25) is 29.1 Å². The maximum Gasteiger partial charge on any atom is 0.243 e. The number of nitrogens with zero attached hydrogens (tertiary/aromatic N) is 2. The van der Waals surface area contributed by atoms with Crippen molar-refractivity contribution in [2.24, 2.45) is 11.8 Å². The first kappa shape index (κ1) is 43.3. The smallest absolute Gasteiger partial charge is 0.243 e. The molecular weight excluding hydrogens is 709 g/mol. The molecule has 0 saturated carbocycles. The highest BCUT2D eigenvalue weighted by molar-refractivity contribution is 5.89. The summed E-state index contributed by atoms with van der Waals surface area (Å²) in [4.78, 5) is 62.1. The third-order valence-electron chi connectivity index (χ3n) is 9.68. The number of hydrogen-bond acceptors (Lipinski definition) is 8. The van der Waals surface area contributed by atoms with E-state index in [4.69, 9.17) is 0 Å². The highest BCUT2D eigenvalue weighted by Crippen LogP contribution is 2.17. The van der Waals surface area contributed by atoms with Crippen molar-refractivity contribution >= 4 is 23.6 Å². The van der Waals surface area contributed by atoms with E-state index in [0.29, 0.717) is 12.8 Å². The van der Waals surface area contributed by atoms with Gasteiger partial charge in [0.25, 0.3) is 0 Å². The summed E-state index contributed by atoms with van der Waals surface area (Å²) in [7, 11) is 0. The average molecular weight is 765 g/mol. The molecule has 0 aliphatic carbocycles. The van der Waals surface area contributed by atoms with Gasteiger partial charge in [-0.2, -0.15) is 0 Å². The fourth-order valence-electron chi connectivity index (χ4n) is 6.44. The third-order valence-corrected chi connectivity index (χ3v) is 9.68. The second-order valence-corrected chi connectivity index (χ2v) is 14.9. The van der Waals surface area contributed by atoms with Gasteiger partial charge in [-0.25, -0.2) is 0 Å². The van der Waals surface area contributed by atoms with Gasteiger partial charge in [0.2, 0.25) is 23.6 Å². The molecule has 0 unspecified atom stereocenters. The van der Waals surface area contributed by atoms with E-state index in [0.717, 1.165) is 22.3 Å². The van der Waals surface area contributed by atoms with E-state index in [2.05, 4.69) is 31.2 Å². The van der Waals surface area contributed by atoms with E-state index in [1.165, 1.54) is 0 Å². The van der Waals surface area contributed by atoms with Crippen LogP contribution in [0.3, 0.4) is 0 Å². The number of aromatic nitrogens is 2. The molecule has 2 heterocycles. The summed E-state index contributed by atoms with van der Waals surface area (Å²) in [6, 6.07) is 22.0. The number of benzene rings is 2. The number of amides is 4. The predicted octanol–water partition coefficient (Wildman–Crippen LogP) is 3.50. The van der Waals surface area contributed by atoms with Crippen LogP contribution in [0.25, 0.3) is 0 Å². The number of hydrogen-bond donors (Lipinski definition) is 6. The molecular formula is C44H56N6O6. The highest BCUT2D eigenvalue weighted by Gasteiger charge is 2.37. The Labute approximate surface area is 330 Å². The first-order valence-electron chi connectivity index (χ1n) is 19.3. The molecule has 56 heavy (non-hydrogen) atoms. The Morgan fingerprint density at radius 2 is 0.875 bits per heavy atom. The topological polar surface area (TPSA) is 183 Å². The van der Waals surface area contributed by atoms with Crippen LogP contribution in [-0.2, 0) is 44.9 Å². The van der Waals surface area contributed by atoms with E-state index >= 15 is 0 Å². The van der Waals surface area contributed by atoms with Crippen LogP contribution in [-0.4, -0.2) is 80.2 Å². The number of carbonyl (C=O) groups is 4. The largest absolute Gasteiger partial charge is 0.388 e. The van der Waals surface area contributed by atoms with Crippen LogP contribution in [0.2, 0.25) is 0 Å². The molecule has 4 aromatic rings. The molecule has 12 nitrogen and oxygen atoms in total. The molecule has 0 radical (unpaired) electrons. The van der Waals surface area contributed by atoms with Crippen LogP contribution in [0.4, 0.5) is 0 Å². The van der Waals surface area contributed by atoms with Gasteiger partial charge in [-0.1, -0.05) is 100 Å². The minimum atomic E-state index is -1.56. The zero-order valence-electron chi connectivity index (χ0n) is 32.7. The van der Waals surface area contributed by atoms with Crippen molar-refractivity contribution in [1.29, 1.82) is 0 Å². The molecule has 0 aliphatic rings. The van der Waals surface area contributed by atoms with Crippen LogP contribution in [0.5, 0.6) is 0 Å². The van der Waals surface area contributed by atoms with Crippen LogP contribution in [0.15, 0.2) is 110 Å². The summed E-state index contributed by atoms with van der Waals surface area (Å²) in [5.41, 5.74) is 3.38. The van der Waals surface area contributed by atoms with Crippen molar-refractivity contribution in [3.8, 4) is 0 Å². The van der Waals surface area contributed by atoms with Gasteiger partial charge < -0.3 is 31.5 Å². The van der Waals surface area contributed by atoms with E-state index < -0.39 is 48.2 Å². The van der Waals surface area contributed by atoms with Crippen molar-refractivity contribution in [3.63, 3.8) is 0 Å². The van der Waals surface area contributed by atoms with Gasteiger partial charge in [0, 0.05) is 37.6 Å². The zero-order valence-corrected chi connectivity index (χ0v) is 32.7. The second kappa shape index (κ2) is 22.2. The van der Waals surface area contributed by atoms with Crippen molar-refractivity contribution in [1.82, 2.24) is 31.2 Å². The third kappa shape index (κ3) is 14.0. The van der Waals surface area contributed by atoms with Gasteiger partial charge in [-0.05, 0) is 71.9 Å². The van der Waals surface area contributed by atoms with Crippen LogP contribution >= 0.6 is 0 Å². The lowest BCUT2D eigenvalue weighted by molar-refractivity contribution is -0.133. The van der Waals surface area contributed by atoms with E-state index in [1.807, 2.05) is 100 Å². The Morgan fingerprint density at radius 3 is 1.20 bits per heavy atom. The molecule has 2 aromatic heterocycles. The number of aryl methyl sites for hydroxylation is 2. The lowest BCUT2D eigenvalue weighted by Gasteiger charge is -2.35. The Balaban J connectivity index is 1.53. The molecule has 298 valence electrons. The minimum absolute atomic E-state index is 0.151. The summed E-state index contributed by atoms with van der Waals surface area (Å²) in [5.74, 6) is -2.24. The van der Waals surface area contributed by atoms with Gasteiger partial charge in [0.05, 0.1) is 12.1 Å². The quantitative estimate of drug-likeness (QED) is 0.0746. The van der Waals surface area contributed by atoms with Crippen molar-refractivity contribution < 1.29 is 29.4 Å². The van der Waals surface area contributed by atoms with Gasteiger partial charge in [-0.15, -0.1) is 0 Å². The summed E-state index contributed by atoms with van der Waals surface area (Å²) in [6.07, 6.45) is 5.10. The lowest BCUT2D eigenvalue weighted by atomic mass is 9.90. The van der Waals surface area contributed by atoms with Crippen molar-refractivity contribution in [2.45, 2.75) is 103 Å². The van der Waals surface area contributed by atoms with Gasteiger partial charge in [0.1, 0.15) is 24.3 Å². The maximum atomic E-state index is 13.9. The fraction of sp³-hybridized carbons (Fsp3) is 0.409. The average Bonchev–Trinajstić information content (AvgIpc) is 3.20. The number of carbonyl (C=O) groups excluding carboxylic acids is 4.